The van der Waals surface area contributed by atoms with Gasteiger partial charge >= 0.3 is 0 Å². The van der Waals surface area contributed by atoms with Crippen molar-refractivity contribution >= 4 is 5.91 Å². The summed E-state index contributed by atoms with van der Waals surface area (Å²) < 4.78 is 0. The first kappa shape index (κ1) is 12.6. The van der Waals surface area contributed by atoms with Crippen LogP contribution in [0.2, 0.25) is 0 Å². The first-order valence-corrected chi connectivity index (χ1v) is 5.34. The zero-order chi connectivity index (χ0) is 12.0. The molecule has 0 atom stereocenters. The Labute approximate surface area is 95.1 Å². The minimum absolute atomic E-state index is 0.0803. The Hall–Kier alpha value is -1.49. The highest BCUT2D eigenvalue weighted by molar-refractivity contribution is 5.92. The van der Waals surface area contributed by atoms with Crippen molar-refractivity contribution in [3.05, 3.63) is 24.3 Å². The van der Waals surface area contributed by atoms with Crippen LogP contribution in [0.4, 0.5) is 0 Å². The number of carbonyl (C=O) groups excluding carboxylic acids is 1. The minimum Gasteiger partial charge on any atom is -0.396 e. The lowest BCUT2D eigenvalue weighted by molar-refractivity contribution is 0.0686. The number of rotatable bonds is 5. The molecule has 16 heavy (non-hydrogen) atoms. The Morgan fingerprint density at radius 3 is 2.75 bits per heavy atom. The van der Waals surface area contributed by atoms with Gasteiger partial charge in [-0.25, -0.2) is 4.98 Å². The van der Waals surface area contributed by atoms with E-state index < -0.39 is 0 Å². The second-order valence-corrected chi connectivity index (χ2v) is 3.76. The molecule has 1 aromatic rings. The molecular formula is C11H17N3O2. The van der Waals surface area contributed by atoms with Gasteiger partial charge in [0.15, 0.2) is 0 Å². The third kappa shape index (κ3) is 3.27. The molecule has 0 aliphatic rings. The summed E-state index contributed by atoms with van der Waals surface area (Å²) in [4.78, 5) is 21.6. The molecule has 0 aliphatic carbocycles. The number of aliphatic hydroxyl groups is 1. The summed E-state index contributed by atoms with van der Waals surface area (Å²) in [5, 5.41) is 8.78. The fraction of sp³-hybridized carbons (Fsp3) is 0.545. The van der Waals surface area contributed by atoms with Gasteiger partial charge in [0.05, 0.1) is 6.20 Å². The quantitative estimate of drug-likeness (QED) is 0.798. The smallest absolute Gasteiger partial charge is 0.274 e. The van der Waals surface area contributed by atoms with E-state index in [1.165, 1.54) is 18.6 Å². The van der Waals surface area contributed by atoms with E-state index in [4.69, 9.17) is 5.11 Å². The average molecular weight is 223 g/mol. The summed E-state index contributed by atoms with van der Waals surface area (Å²) in [7, 11) is 0. The predicted molar refractivity (Wildman–Crippen MR) is 59.9 cm³/mol. The van der Waals surface area contributed by atoms with E-state index >= 15 is 0 Å². The van der Waals surface area contributed by atoms with E-state index in [1.807, 2.05) is 13.8 Å². The molecule has 0 aliphatic heterocycles. The van der Waals surface area contributed by atoms with Crippen molar-refractivity contribution < 1.29 is 9.90 Å². The van der Waals surface area contributed by atoms with E-state index in [1.54, 1.807) is 4.90 Å². The van der Waals surface area contributed by atoms with Gasteiger partial charge in [-0.3, -0.25) is 9.78 Å². The Bertz CT molecular complexity index is 327. The van der Waals surface area contributed by atoms with Gasteiger partial charge in [0.25, 0.3) is 5.91 Å². The van der Waals surface area contributed by atoms with Crippen LogP contribution in [0.25, 0.3) is 0 Å². The molecule has 5 heteroatoms. The van der Waals surface area contributed by atoms with Crippen LogP contribution < -0.4 is 0 Å². The summed E-state index contributed by atoms with van der Waals surface area (Å²) in [5.41, 5.74) is 0.342. The Kier molecular flexibility index (Phi) is 4.85. The molecular weight excluding hydrogens is 206 g/mol. The standard InChI is InChI=1S/C11H17N3O2/c1-9(2)14(6-3-7-15)11(16)10-8-12-4-5-13-10/h4-5,8-9,15H,3,6-7H2,1-2H3. The van der Waals surface area contributed by atoms with Crippen LogP contribution in [0.1, 0.15) is 30.8 Å². The van der Waals surface area contributed by atoms with Crippen molar-refractivity contribution in [1.82, 2.24) is 14.9 Å². The van der Waals surface area contributed by atoms with E-state index in [-0.39, 0.29) is 18.6 Å². The number of carbonyl (C=O) groups is 1. The maximum absolute atomic E-state index is 12.0. The van der Waals surface area contributed by atoms with Gasteiger partial charge in [-0.2, -0.15) is 0 Å². The summed E-state index contributed by atoms with van der Waals surface area (Å²) in [5.74, 6) is -0.142. The first-order valence-electron chi connectivity index (χ1n) is 5.34. The zero-order valence-electron chi connectivity index (χ0n) is 9.63. The van der Waals surface area contributed by atoms with Gasteiger partial charge < -0.3 is 10.0 Å². The van der Waals surface area contributed by atoms with E-state index in [9.17, 15) is 4.79 Å². The molecule has 0 fully saturated rings. The highest BCUT2D eigenvalue weighted by atomic mass is 16.3. The number of aliphatic hydroxyl groups excluding tert-OH is 1. The molecule has 0 saturated heterocycles. The molecule has 1 heterocycles. The van der Waals surface area contributed by atoms with Crippen LogP contribution in [0.15, 0.2) is 18.6 Å². The predicted octanol–water partition coefficient (Wildman–Crippen LogP) is 0.710. The summed E-state index contributed by atoms with van der Waals surface area (Å²) in [6.07, 6.45) is 5.06. The molecule has 0 saturated carbocycles. The highest BCUT2D eigenvalue weighted by Crippen LogP contribution is 2.06. The molecule has 0 spiro atoms. The molecule has 1 aromatic heterocycles. The molecule has 1 amide bonds. The summed E-state index contributed by atoms with van der Waals surface area (Å²) >= 11 is 0. The van der Waals surface area contributed by atoms with Gasteiger partial charge in [-0.05, 0) is 20.3 Å². The fourth-order valence-electron chi connectivity index (χ4n) is 1.39. The largest absolute Gasteiger partial charge is 0.396 e. The number of hydrogen-bond acceptors (Lipinski definition) is 4. The molecule has 0 aromatic carbocycles. The monoisotopic (exact) mass is 223 g/mol. The maximum atomic E-state index is 12.0. The van der Waals surface area contributed by atoms with Crippen molar-refractivity contribution in [2.45, 2.75) is 26.3 Å². The van der Waals surface area contributed by atoms with E-state index in [0.717, 1.165) is 0 Å². The van der Waals surface area contributed by atoms with Crippen LogP contribution in [0.5, 0.6) is 0 Å². The van der Waals surface area contributed by atoms with Crippen LogP contribution in [-0.4, -0.2) is 45.1 Å². The van der Waals surface area contributed by atoms with Crippen molar-refractivity contribution in [2.24, 2.45) is 0 Å². The zero-order valence-corrected chi connectivity index (χ0v) is 9.63. The second-order valence-electron chi connectivity index (χ2n) is 3.76. The Morgan fingerprint density at radius 2 is 2.25 bits per heavy atom. The van der Waals surface area contributed by atoms with E-state index in [0.29, 0.717) is 18.7 Å². The summed E-state index contributed by atoms with van der Waals surface area (Å²) in [6.45, 7) is 4.48. The van der Waals surface area contributed by atoms with Crippen molar-refractivity contribution in [1.29, 1.82) is 0 Å². The van der Waals surface area contributed by atoms with Gasteiger partial charge in [-0.15, -0.1) is 0 Å². The highest BCUT2D eigenvalue weighted by Gasteiger charge is 2.19. The third-order valence-corrected chi connectivity index (χ3v) is 2.22. The topological polar surface area (TPSA) is 66.3 Å². The Balaban J connectivity index is 2.75. The van der Waals surface area contributed by atoms with Crippen molar-refractivity contribution in [2.75, 3.05) is 13.2 Å². The molecule has 5 nitrogen and oxygen atoms in total. The van der Waals surface area contributed by atoms with Crippen LogP contribution in [0.3, 0.4) is 0 Å². The van der Waals surface area contributed by atoms with Crippen LogP contribution in [-0.2, 0) is 0 Å². The average Bonchev–Trinajstić information content (AvgIpc) is 2.30. The van der Waals surface area contributed by atoms with Crippen molar-refractivity contribution in [3.63, 3.8) is 0 Å². The van der Waals surface area contributed by atoms with Gasteiger partial charge in [-0.1, -0.05) is 0 Å². The molecule has 0 unspecified atom stereocenters. The van der Waals surface area contributed by atoms with Gasteiger partial charge in [0.1, 0.15) is 5.69 Å². The molecule has 1 rings (SSSR count). The molecule has 0 radical (unpaired) electrons. The van der Waals surface area contributed by atoms with Gasteiger partial charge in [0.2, 0.25) is 0 Å². The van der Waals surface area contributed by atoms with Crippen molar-refractivity contribution in [3.8, 4) is 0 Å². The SMILES string of the molecule is CC(C)N(CCCO)C(=O)c1cnccn1. The lowest BCUT2D eigenvalue weighted by atomic mass is 10.2. The third-order valence-electron chi connectivity index (χ3n) is 2.22. The fourth-order valence-corrected chi connectivity index (χ4v) is 1.39. The van der Waals surface area contributed by atoms with E-state index in [2.05, 4.69) is 9.97 Å². The molecule has 1 N–H and O–H groups in total. The molecule has 0 bridgehead atoms. The number of aromatic nitrogens is 2. The lowest BCUT2D eigenvalue weighted by Gasteiger charge is -2.25. The molecule has 88 valence electrons. The van der Waals surface area contributed by atoms with Gasteiger partial charge in [0, 0.05) is 31.6 Å². The maximum Gasteiger partial charge on any atom is 0.274 e. The number of nitrogens with zero attached hydrogens (tertiary/aromatic N) is 3. The normalized spacial score (nSPS) is 10.5. The first-order chi connectivity index (χ1) is 7.66. The number of hydrogen-bond donors (Lipinski definition) is 1. The number of amides is 1. The van der Waals surface area contributed by atoms with Crippen LogP contribution in [0, 0.1) is 0 Å². The summed E-state index contributed by atoms with van der Waals surface area (Å²) in [6, 6.07) is 0.0843. The minimum atomic E-state index is -0.142. The lowest BCUT2D eigenvalue weighted by Crippen LogP contribution is -2.38. The van der Waals surface area contributed by atoms with Crippen LogP contribution >= 0.6 is 0 Å². The Morgan fingerprint density at radius 1 is 1.50 bits per heavy atom. The second kappa shape index (κ2) is 6.17.